The van der Waals surface area contributed by atoms with Gasteiger partial charge in [0.05, 0.1) is 11.2 Å². The van der Waals surface area contributed by atoms with Crippen LogP contribution in [0.1, 0.15) is 40.2 Å². The molecule has 23 heavy (non-hydrogen) atoms. The maximum absolute atomic E-state index is 13.4. The van der Waals surface area contributed by atoms with Crippen LogP contribution in [0.15, 0.2) is 29.7 Å². The zero-order valence-corrected chi connectivity index (χ0v) is 15.0. The van der Waals surface area contributed by atoms with Crippen LogP contribution in [0.4, 0.5) is 4.39 Å². The van der Waals surface area contributed by atoms with Gasteiger partial charge >= 0.3 is 7.12 Å². The van der Waals surface area contributed by atoms with E-state index in [0.717, 1.165) is 11.0 Å². The third-order valence-corrected chi connectivity index (χ3v) is 5.08. The second kappa shape index (κ2) is 6.79. The summed E-state index contributed by atoms with van der Waals surface area (Å²) in [6.07, 6.45) is 1.83. The second-order valence-electron chi connectivity index (χ2n) is 6.64. The van der Waals surface area contributed by atoms with E-state index in [1.807, 2.05) is 39.8 Å². The largest absolute Gasteiger partial charge is 0.491 e. The topological polar surface area (TPSA) is 35.5 Å². The van der Waals surface area contributed by atoms with Crippen LogP contribution in [0.25, 0.3) is 6.08 Å². The molecule has 0 radical (unpaired) electrons. The van der Waals surface area contributed by atoms with Gasteiger partial charge in [0.2, 0.25) is 0 Å². The molecule has 0 spiro atoms. The minimum absolute atomic E-state index is 0.0201. The van der Waals surface area contributed by atoms with Crippen molar-refractivity contribution in [1.29, 1.82) is 0 Å². The SMILES string of the molecule is CC(=O)SCC(=Cc1cccc(F)c1)B1OC(C)(C)C(C)(C)O1. The lowest BCUT2D eigenvalue weighted by Gasteiger charge is -2.32. The molecule has 0 unspecified atom stereocenters. The molecule has 6 heteroatoms. The van der Waals surface area contributed by atoms with Gasteiger partial charge in [0.1, 0.15) is 5.82 Å². The predicted octanol–water partition coefficient (Wildman–Crippen LogP) is 4.12. The van der Waals surface area contributed by atoms with Gasteiger partial charge in [0, 0.05) is 12.7 Å². The third-order valence-electron chi connectivity index (χ3n) is 4.20. The fraction of sp³-hybridized carbons (Fsp3) is 0.471. The molecule has 0 saturated carbocycles. The lowest BCUT2D eigenvalue weighted by molar-refractivity contribution is -0.109. The summed E-state index contributed by atoms with van der Waals surface area (Å²) in [5, 5.41) is 0.0201. The molecule has 0 aromatic heterocycles. The molecule has 1 aromatic rings. The van der Waals surface area contributed by atoms with Crippen LogP contribution in [0.2, 0.25) is 0 Å². The molecule has 0 N–H and O–H groups in total. The van der Waals surface area contributed by atoms with E-state index in [-0.39, 0.29) is 10.9 Å². The number of rotatable bonds is 4. The van der Waals surface area contributed by atoms with Crippen molar-refractivity contribution < 1.29 is 18.5 Å². The molecule has 1 saturated heterocycles. The molecule has 1 fully saturated rings. The van der Waals surface area contributed by atoms with Crippen molar-refractivity contribution in [3.63, 3.8) is 0 Å². The highest BCUT2D eigenvalue weighted by Gasteiger charge is 2.52. The summed E-state index contributed by atoms with van der Waals surface area (Å²) in [6.45, 7) is 9.43. The Hall–Kier alpha value is -1.11. The van der Waals surface area contributed by atoms with Crippen molar-refractivity contribution >= 4 is 30.1 Å². The average molecular weight is 336 g/mol. The summed E-state index contributed by atoms with van der Waals surface area (Å²) in [6, 6.07) is 6.31. The number of carbonyl (C=O) groups excluding carboxylic acids is 1. The molecule has 0 aliphatic carbocycles. The van der Waals surface area contributed by atoms with Gasteiger partial charge < -0.3 is 9.31 Å². The van der Waals surface area contributed by atoms with Gasteiger partial charge in [-0.1, -0.05) is 30.0 Å². The summed E-state index contributed by atoms with van der Waals surface area (Å²) in [5.41, 5.74) is 0.618. The number of hydrogen-bond donors (Lipinski definition) is 0. The Bertz CT molecular complexity index is 612. The first-order chi connectivity index (χ1) is 10.6. The van der Waals surface area contributed by atoms with E-state index in [2.05, 4.69) is 0 Å². The standard InChI is InChI=1S/C17H22BFO3S/c1-12(20)23-11-14(9-13-7-6-8-15(19)10-13)18-21-16(2,3)17(4,5)22-18/h6-10H,11H2,1-5H3. The zero-order valence-electron chi connectivity index (χ0n) is 14.2. The third kappa shape index (κ3) is 4.46. The lowest BCUT2D eigenvalue weighted by atomic mass is 9.78. The fourth-order valence-corrected chi connectivity index (χ4v) is 2.76. The number of hydrogen-bond acceptors (Lipinski definition) is 4. The fourth-order valence-electron chi connectivity index (χ4n) is 2.17. The van der Waals surface area contributed by atoms with Gasteiger partial charge in [0.15, 0.2) is 5.12 Å². The highest BCUT2D eigenvalue weighted by Crippen LogP contribution is 2.39. The summed E-state index contributed by atoms with van der Waals surface area (Å²) in [4.78, 5) is 11.3. The molecular formula is C17H22BFO3S. The number of benzene rings is 1. The van der Waals surface area contributed by atoms with Crippen LogP contribution in [0, 0.1) is 5.82 Å². The van der Waals surface area contributed by atoms with E-state index in [0.29, 0.717) is 5.75 Å². The van der Waals surface area contributed by atoms with Gasteiger partial charge in [-0.2, -0.15) is 0 Å². The molecular weight excluding hydrogens is 314 g/mol. The maximum Gasteiger partial charge on any atom is 0.491 e. The van der Waals surface area contributed by atoms with Gasteiger partial charge in [-0.25, -0.2) is 4.39 Å². The normalized spacial score (nSPS) is 19.9. The molecule has 0 atom stereocenters. The molecule has 2 rings (SSSR count). The highest BCUT2D eigenvalue weighted by atomic mass is 32.2. The van der Waals surface area contributed by atoms with Crippen LogP contribution in [0.5, 0.6) is 0 Å². The molecule has 0 amide bonds. The van der Waals surface area contributed by atoms with Gasteiger partial charge in [-0.05, 0) is 50.9 Å². The van der Waals surface area contributed by atoms with E-state index >= 15 is 0 Å². The Balaban J connectivity index is 2.30. The Morgan fingerprint density at radius 3 is 2.39 bits per heavy atom. The Kier molecular flexibility index (Phi) is 5.39. The van der Waals surface area contributed by atoms with Crippen molar-refractivity contribution in [2.45, 2.75) is 45.8 Å². The molecule has 1 aliphatic rings. The minimum Gasteiger partial charge on any atom is -0.400 e. The van der Waals surface area contributed by atoms with E-state index in [9.17, 15) is 9.18 Å². The summed E-state index contributed by atoms with van der Waals surface area (Å²) in [7, 11) is -0.546. The number of halogens is 1. The van der Waals surface area contributed by atoms with Crippen molar-refractivity contribution in [2.75, 3.05) is 5.75 Å². The Morgan fingerprint density at radius 1 is 1.26 bits per heavy atom. The second-order valence-corrected chi connectivity index (χ2v) is 7.80. The quantitative estimate of drug-likeness (QED) is 0.775. The monoisotopic (exact) mass is 336 g/mol. The first kappa shape index (κ1) is 18.2. The molecule has 1 heterocycles. The minimum atomic E-state index is -0.546. The van der Waals surface area contributed by atoms with E-state index in [1.165, 1.54) is 30.8 Å². The van der Waals surface area contributed by atoms with Gasteiger partial charge in [-0.3, -0.25) is 4.79 Å². The van der Waals surface area contributed by atoms with Crippen LogP contribution < -0.4 is 0 Å². The molecule has 0 bridgehead atoms. The van der Waals surface area contributed by atoms with Crippen molar-refractivity contribution in [3.05, 3.63) is 41.1 Å². The van der Waals surface area contributed by atoms with Gasteiger partial charge in [0.25, 0.3) is 0 Å². The van der Waals surface area contributed by atoms with E-state index < -0.39 is 18.3 Å². The van der Waals surface area contributed by atoms with Crippen LogP contribution in [0.3, 0.4) is 0 Å². The molecule has 124 valence electrons. The zero-order chi connectivity index (χ0) is 17.3. The summed E-state index contributed by atoms with van der Waals surface area (Å²) >= 11 is 1.19. The van der Waals surface area contributed by atoms with Gasteiger partial charge in [-0.15, -0.1) is 0 Å². The van der Waals surface area contributed by atoms with Crippen molar-refractivity contribution in [3.8, 4) is 0 Å². The van der Waals surface area contributed by atoms with Crippen molar-refractivity contribution in [2.24, 2.45) is 0 Å². The number of carbonyl (C=O) groups is 1. The van der Waals surface area contributed by atoms with Crippen LogP contribution in [-0.2, 0) is 14.1 Å². The Morgan fingerprint density at radius 2 is 1.87 bits per heavy atom. The molecule has 3 nitrogen and oxygen atoms in total. The van der Waals surface area contributed by atoms with Crippen LogP contribution >= 0.6 is 11.8 Å². The highest BCUT2D eigenvalue weighted by molar-refractivity contribution is 8.13. The summed E-state index contributed by atoms with van der Waals surface area (Å²) in [5.74, 6) is 0.147. The smallest absolute Gasteiger partial charge is 0.400 e. The maximum atomic E-state index is 13.4. The lowest BCUT2D eigenvalue weighted by Crippen LogP contribution is -2.41. The number of thioether (sulfide) groups is 1. The first-order valence-corrected chi connectivity index (χ1v) is 8.54. The Labute approximate surface area is 141 Å². The van der Waals surface area contributed by atoms with E-state index in [1.54, 1.807) is 6.07 Å². The predicted molar refractivity (Wildman–Crippen MR) is 93.6 cm³/mol. The average Bonchev–Trinajstić information content (AvgIpc) is 2.63. The van der Waals surface area contributed by atoms with Crippen molar-refractivity contribution in [1.82, 2.24) is 0 Å². The molecule has 1 aromatic carbocycles. The van der Waals surface area contributed by atoms with E-state index in [4.69, 9.17) is 9.31 Å². The first-order valence-electron chi connectivity index (χ1n) is 7.56. The summed E-state index contributed by atoms with van der Waals surface area (Å²) < 4.78 is 25.5. The molecule has 1 aliphatic heterocycles. The van der Waals surface area contributed by atoms with Crippen LogP contribution in [-0.4, -0.2) is 29.2 Å².